The second-order valence-corrected chi connectivity index (χ2v) is 7.15. The van der Waals surface area contributed by atoms with Crippen LogP contribution in [-0.2, 0) is 9.47 Å². The number of aromatic nitrogens is 1. The first-order valence-corrected chi connectivity index (χ1v) is 8.97. The predicted octanol–water partition coefficient (Wildman–Crippen LogP) is 2.89. The van der Waals surface area contributed by atoms with Crippen LogP contribution in [0.3, 0.4) is 0 Å². The van der Waals surface area contributed by atoms with Gasteiger partial charge in [0.25, 0.3) is 5.91 Å². The van der Waals surface area contributed by atoms with E-state index in [0.717, 1.165) is 48.9 Å². The molecule has 0 unspecified atom stereocenters. The lowest BCUT2D eigenvalue weighted by atomic mass is 9.73. The largest absolute Gasteiger partial charge is 0.384 e. The number of rotatable bonds is 3. The maximum Gasteiger partial charge on any atom is 0.254 e. The molecule has 2 aromatic rings. The number of hydrogen-bond donors (Lipinski definition) is 0. The van der Waals surface area contributed by atoms with Gasteiger partial charge in [-0.05, 0) is 31.4 Å². The van der Waals surface area contributed by atoms with Crippen LogP contribution in [0.1, 0.15) is 29.6 Å². The van der Waals surface area contributed by atoms with Gasteiger partial charge in [0.05, 0.1) is 23.8 Å². The Morgan fingerprint density at radius 3 is 3.16 bits per heavy atom. The summed E-state index contributed by atoms with van der Waals surface area (Å²) in [5.41, 5.74) is 1.51. The standard InChI is InChI=1S/C20H24N2O3/c1-24-14-20-9-4-12-25-18(20)8-11-22(13-20)19(23)16-7-10-21-17-6-3-2-5-15(16)17/h2-3,5-7,10,18H,4,8-9,11-14H2,1H3/t18-,20-/m0/s1. The number of para-hydroxylation sites is 1. The summed E-state index contributed by atoms with van der Waals surface area (Å²) in [6.07, 6.45) is 4.86. The molecule has 1 aromatic carbocycles. The van der Waals surface area contributed by atoms with E-state index in [1.165, 1.54) is 0 Å². The average molecular weight is 340 g/mol. The lowest BCUT2D eigenvalue weighted by Gasteiger charge is -2.50. The molecule has 2 aliphatic rings. The Kier molecular flexibility index (Phi) is 4.44. The summed E-state index contributed by atoms with van der Waals surface area (Å²) in [4.78, 5) is 19.6. The van der Waals surface area contributed by atoms with Crippen LogP contribution in [0.15, 0.2) is 36.5 Å². The zero-order valence-electron chi connectivity index (χ0n) is 14.6. The molecular weight excluding hydrogens is 316 g/mol. The number of methoxy groups -OCH3 is 1. The van der Waals surface area contributed by atoms with Gasteiger partial charge < -0.3 is 14.4 Å². The molecular formula is C20H24N2O3. The molecule has 0 spiro atoms. The molecule has 5 heteroatoms. The van der Waals surface area contributed by atoms with E-state index in [-0.39, 0.29) is 17.4 Å². The van der Waals surface area contributed by atoms with E-state index in [0.29, 0.717) is 13.2 Å². The minimum atomic E-state index is -0.0796. The first-order valence-electron chi connectivity index (χ1n) is 8.97. The number of carbonyl (C=O) groups is 1. The van der Waals surface area contributed by atoms with Crippen LogP contribution >= 0.6 is 0 Å². The Bertz CT molecular complexity index is 769. The zero-order valence-corrected chi connectivity index (χ0v) is 14.6. The van der Waals surface area contributed by atoms with Crippen molar-refractivity contribution in [3.8, 4) is 0 Å². The van der Waals surface area contributed by atoms with Crippen LogP contribution in [0.4, 0.5) is 0 Å². The Morgan fingerprint density at radius 1 is 1.40 bits per heavy atom. The molecule has 132 valence electrons. The van der Waals surface area contributed by atoms with Gasteiger partial charge >= 0.3 is 0 Å². The van der Waals surface area contributed by atoms with E-state index in [9.17, 15) is 4.79 Å². The normalized spacial score (nSPS) is 26.4. The Labute approximate surface area is 147 Å². The first-order chi connectivity index (χ1) is 12.2. The quantitative estimate of drug-likeness (QED) is 0.862. The number of likely N-dealkylation sites (tertiary alicyclic amines) is 1. The van der Waals surface area contributed by atoms with Gasteiger partial charge in [0.15, 0.2) is 0 Å². The number of benzene rings is 1. The summed E-state index contributed by atoms with van der Waals surface area (Å²) in [6, 6.07) is 9.64. The van der Waals surface area contributed by atoms with Crippen LogP contribution in [-0.4, -0.2) is 55.3 Å². The number of piperidine rings is 1. The molecule has 1 amide bonds. The minimum Gasteiger partial charge on any atom is -0.384 e. The number of hydrogen-bond acceptors (Lipinski definition) is 4. The number of pyridine rings is 1. The van der Waals surface area contributed by atoms with Crippen molar-refractivity contribution in [3.05, 3.63) is 42.1 Å². The van der Waals surface area contributed by atoms with Crippen LogP contribution in [0.25, 0.3) is 10.9 Å². The number of amides is 1. The maximum absolute atomic E-state index is 13.3. The van der Waals surface area contributed by atoms with E-state index in [1.807, 2.05) is 35.2 Å². The van der Waals surface area contributed by atoms with E-state index in [1.54, 1.807) is 13.3 Å². The van der Waals surface area contributed by atoms with Gasteiger partial charge in [-0.2, -0.15) is 0 Å². The van der Waals surface area contributed by atoms with E-state index >= 15 is 0 Å². The molecule has 1 aromatic heterocycles. The smallest absolute Gasteiger partial charge is 0.254 e. The SMILES string of the molecule is COC[C@@]12CCCO[C@H]1CCN(C(=O)c1ccnc3ccccc13)C2. The number of nitrogens with zero attached hydrogens (tertiary/aromatic N) is 2. The molecule has 2 fully saturated rings. The van der Waals surface area contributed by atoms with Gasteiger partial charge in [-0.3, -0.25) is 9.78 Å². The average Bonchev–Trinajstić information content (AvgIpc) is 2.66. The fourth-order valence-electron chi connectivity index (χ4n) is 4.41. The third-order valence-electron chi connectivity index (χ3n) is 5.59. The molecule has 3 heterocycles. The fraction of sp³-hybridized carbons (Fsp3) is 0.500. The van der Waals surface area contributed by atoms with Gasteiger partial charge in [0.2, 0.25) is 0 Å². The predicted molar refractivity (Wildman–Crippen MR) is 95.5 cm³/mol. The van der Waals surface area contributed by atoms with Crippen molar-refractivity contribution >= 4 is 16.8 Å². The zero-order chi connectivity index (χ0) is 17.3. The summed E-state index contributed by atoms with van der Waals surface area (Å²) in [6.45, 7) is 2.88. The molecule has 0 bridgehead atoms. The highest BCUT2D eigenvalue weighted by molar-refractivity contribution is 6.06. The van der Waals surface area contributed by atoms with Crippen molar-refractivity contribution in [2.24, 2.45) is 5.41 Å². The molecule has 0 aliphatic carbocycles. The fourth-order valence-corrected chi connectivity index (χ4v) is 4.41. The van der Waals surface area contributed by atoms with E-state index in [4.69, 9.17) is 9.47 Å². The molecule has 2 aliphatic heterocycles. The van der Waals surface area contributed by atoms with E-state index in [2.05, 4.69) is 4.98 Å². The van der Waals surface area contributed by atoms with Crippen molar-refractivity contribution in [2.75, 3.05) is 33.4 Å². The summed E-state index contributed by atoms with van der Waals surface area (Å²) in [5.74, 6) is 0.0816. The number of fused-ring (bicyclic) bond motifs is 2. The van der Waals surface area contributed by atoms with Gasteiger partial charge in [-0.25, -0.2) is 0 Å². The molecule has 4 rings (SSSR count). The molecule has 5 nitrogen and oxygen atoms in total. The summed E-state index contributed by atoms with van der Waals surface area (Å²) in [7, 11) is 1.73. The Balaban J connectivity index is 1.64. The van der Waals surface area contributed by atoms with Gasteiger partial charge in [0, 0.05) is 43.8 Å². The lowest BCUT2D eigenvalue weighted by Crippen LogP contribution is -2.58. The molecule has 2 atom stereocenters. The Morgan fingerprint density at radius 2 is 2.28 bits per heavy atom. The van der Waals surface area contributed by atoms with Crippen molar-refractivity contribution in [2.45, 2.75) is 25.4 Å². The third kappa shape index (κ3) is 2.92. The van der Waals surface area contributed by atoms with Crippen molar-refractivity contribution < 1.29 is 14.3 Å². The topological polar surface area (TPSA) is 51.7 Å². The highest BCUT2D eigenvalue weighted by atomic mass is 16.5. The van der Waals surface area contributed by atoms with Crippen LogP contribution in [0.2, 0.25) is 0 Å². The highest BCUT2D eigenvalue weighted by Crippen LogP contribution is 2.40. The summed E-state index contributed by atoms with van der Waals surface area (Å²) in [5, 5.41) is 0.915. The second kappa shape index (κ2) is 6.73. The van der Waals surface area contributed by atoms with Crippen LogP contribution in [0, 0.1) is 5.41 Å². The van der Waals surface area contributed by atoms with Gasteiger partial charge in [-0.15, -0.1) is 0 Å². The van der Waals surface area contributed by atoms with Crippen molar-refractivity contribution in [3.63, 3.8) is 0 Å². The van der Waals surface area contributed by atoms with Gasteiger partial charge in [0.1, 0.15) is 0 Å². The first kappa shape index (κ1) is 16.5. The number of carbonyl (C=O) groups excluding carboxylic acids is 1. The summed E-state index contributed by atoms with van der Waals surface area (Å²) >= 11 is 0. The number of ether oxygens (including phenoxy) is 2. The molecule has 0 N–H and O–H groups in total. The van der Waals surface area contributed by atoms with Crippen molar-refractivity contribution in [1.82, 2.24) is 9.88 Å². The van der Waals surface area contributed by atoms with Gasteiger partial charge in [-0.1, -0.05) is 18.2 Å². The molecule has 0 radical (unpaired) electrons. The van der Waals surface area contributed by atoms with Crippen LogP contribution in [0.5, 0.6) is 0 Å². The Hall–Kier alpha value is -1.98. The molecule has 2 saturated heterocycles. The maximum atomic E-state index is 13.3. The summed E-state index contributed by atoms with van der Waals surface area (Å²) < 4.78 is 11.5. The monoisotopic (exact) mass is 340 g/mol. The minimum absolute atomic E-state index is 0.0796. The van der Waals surface area contributed by atoms with E-state index < -0.39 is 0 Å². The lowest BCUT2D eigenvalue weighted by molar-refractivity contribution is -0.142. The molecule has 0 saturated carbocycles. The van der Waals surface area contributed by atoms with Crippen LogP contribution < -0.4 is 0 Å². The highest BCUT2D eigenvalue weighted by Gasteiger charge is 2.47. The van der Waals surface area contributed by atoms with Crippen molar-refractivity contribution in [1.29, 1.82) is 0 Å². The second-order valence-electron chi connectivity index (χ2n) is 7.15. The molecule has 25 heavy (non-hydrogen) atoms. The third-order valence-corrected chi connectivity index (χ3v) is 5.59.